The third kappa shape index (κ3) is 4.45. The van der Waals surface area contributed by atoms with Crippen molar-refractivity contribution in [1.82, 2.24) is 4.90 Å². The third-order valence-corrected chi connectivity index (χ3v) is 6.12. The number of para-hydroxylation sites is 1. The monoisotopic (exact) mass is 473 g/mol. The first-order chi connectivity index (χ1) is 16.9. The standard InChI is InChI=1S/C28H27NO6/c1-17-9-11-18(12-10-17)26(30)24-25(19-13-14-22(34-3)23(15-19)35-4)29(28(32)27(24)31)16-20-7-5-6-8-21(20)33-2/h5-15,25,30H,16H2,1-4H3/b26-24-. The van der Waals surface area contributed by atoms with Crippen LogP contribution in [0.25, 0.3) is 5.76 Å². The molecule has 1 N–H and O–H groups in total. The highest BCUT2D eigenvalue weighted by atomic mass is 16.5. The lowest BCUT2D eigenvalue weighted by atomic mass is 9.94. The molecule has 4 rings (SSSR count). The average molecular weight is 474 g/mol. The number of aliphatic hydroxyl groups is 1. The van der Waals surface area contributed by atoms with Crippen molar-refractivity contribution in [3.63, 3.8) is 0 Å². The molecule has 3 aromatic rings. The summed E-state index contributed by atoms with van der Waals surface area (Å²) in [5, 5.41) is 11.2. The van der Waals surface area contributed by atoms with Gasteiger partial charge >= 0.3 is 0 Å². The van der Waals surface area contributed by atoms with Gasteiger partial charge in [-0.05, 0) is 30.7 Å². The molecule has 1 fully saturated rings. The zero-order valence-corrected chi connectivity index (χ0v) is 20.1. The van der Waals surface area contributed by atoms with Crippen LogP contribution >= 0.6 is 0 Å². The van der Waals surface area contributed by atoms with Crippen molar-refractivity contribution in [1.29, 1.82) is 0 Å². The number of methoxy groups -OCH3 is 3. The lowest BCUT2D eigenvalue weighted by Gasteiger charge is -2.26. The Morgan fingerprint density at radius 2 is 1.51 bits per heavy atom. The second-order valence-electron chi connectivity index (χ2n) is 8.22. The highest BCUT2D eigenvalue weighted by Crippen LogP contribution is 2.43. The van der Waals surface area contributed by atoms with Gasteiger partial charge in [0.05, 0.1) is 39.5 Å². The number of rotatable bonds is 7. The molecule has 1 aliphatic rings. The molecule has 0 radical (unpaired) electrons. The van der Waals surface area contributed by atoms with Gasteiger partial charge in [0, 0.05) is 11.1 Å². The maximum Gasteiger partial charge on any atom is 0.295 e. The Morgan fingerprint density at radius 1 is 0.857 bits per heavy atom. The van der Waals surface area contributed by atoms with Gasteiger partial charge in [-0.3, -0.25) is 9.59 Å². The van der Waals surface area contributed by atoms with E-state index in [-0.39, 0.29) is 17.9 Å². The number of ketones is 1. The molecule has 180 valence electrons. The summed E-state index contributed by atoms with van der Waals surface area (Å²) in [6.45, 7) is 2.04. The third-order valence-electron chi connectivity index (χ3n) is 6.12. The van der Waals surface area contributed by atoms with E-state index in [0.717, 1.165) is 11.1 Å². The first-order valence-corrected chi connectivity index (χ1v) is 11.1. The van der Waals surface area contributed by atoms with Crippen LogP contribution in [-0.4, -0.2) is 43.0 Å². The number of benzene rings is 3. The topological polar surface area (TPSA) is 85.3 Å². The fourth-order valence-corrected chi connectivity index (χ4v) is 4.30. The van der Waals surface area contributed by atoms with E-state index < -0.39 is 17.7 Å². The van der Waals surface area contributed by atoms with Crippen molar-refractivity contribution >= 4 is 17.4 Å². The predicted molar refractivity (Wildman–Crippen MR) is 132 cm³/mol. The Bertz CT molecular complexity index is 1300. The van der Waals surface area contributed by atoms with Crippen molar-refractivity contribution in [3.05, 3.63) is 94.6 Å². The number of amides is 1. The smallest absolute Gasteiger partial charge is 0.295 e. The minimum atomic E-state index is -0.846. The first-order valence-electron chi connectivity index (χ1n) is 11.1. The Morgan fingerprint density at radius 3 is 2.17 bits per heavy atom. The molecule has 7 nitrogen and oxygen atoms in total. The molecular formula is C28H27NO6. The van der Waals surface area contributed by atoms with Crippen LogP contribution in [0.3, 0.4) is 0 Å². The summed E-state index contributed by atoms with van der Waals surface area (Å²) in [6.07, 6.45) is 0. The van der Waals surface area contributed by atoms with Crippen molar-refractivity contribution in [2.24, 2.45) is 0 Å². The highest BCUT2D eigenvalue weighted by Gasteiger charge is 2.46. The zero-order valence-electron chi connectivity index (χ0n) is 20.1. The van der Waals surface area contributed by atoms with E-state index >= 15 is 0 Å². The highest BCUT2D eigenvalue weighted by molar-refractivity contribution is 6.46. The maximum absolute atomic E-state index is 13.3. The first kappa shape index (κ1) is 23.9. The number of carbonyl (C=O) groups is 2. The van der Waals surface area contributed by atoms with E-state index in [1.807, 2.05) is 37.3 Å². The van der Waals surface area contributed by atoms with Crippen LogP contribution in [0.4, 0.5) is 0 Å². The number of likely N-dealkylation sites (tertiary alicyclic amines) is 1. The van der Waals surface area contributed by atoms with E-state index in [1.165, 1.54) is 19.1 Å². The van der Waals surface area contributed by atoms with Gasteiger partial charge in [0.2, 0.25) is 0 Å². The Hall–Kier alpha value is -4.26. The maximum atomic E-state index is 13.3. The number of hydrogen-bond donors (Lipinski definition) is 1. The number of carbonyl (C=O) groups excluding carboxylic acids is 2. The molecule has 1 amide bonds. The van der Waals surface area contributed by atoms with Gasteiger partial charge in [0.1, 0.15) is 11.5 Å². The molecule has 0 bridgehead atoms. The quantitative estimate of drug-likeness (QED) is 0.306. The summed E-state index contributed by atoms with van der Waals surface area (Å²) in [4.78, 5) is 28.1. The van der Waals surface area contributed by atoms with E-state index in [0.29, 0.717) is 28.4 Å². The SMILES string of the molecule is COc1ccccc1CN1C(=O)C(=O)/C(=C(\O)c2ccc(C)cc2)C1c1ccc(OC)c(OC)c1. The van der Waals surface area contributed by atoms with Gasteiger partial charge in [-0.2, -0.15) is 0 Å². The van der Waals surface area contributed by atoms with Gasteiger partial charge in [-0.25, -0.2) is 0 Å². The van der Waals surface area contributed by atoms with E-state index in [2.05, 4.69) is 0 Å². The molecule has 1 saturated heterocycles. The predicted octanol–water partition coefficient (Wildman–Crippen LogP) is 4.64. The van der Waals surface area contributed by atoms with Gasteiger partial charge in [-0.1, -0.05) is 54.1 Å². The number of aliphatic hydroxyl groups excluding tert-OH is 1. The summed E-state index contributed by atoms with van der Waals surface area (Å²) in [6, 6.07) is 18.8. The normalized spacial score (nSPS) is 16.9. The minimum absolute atomic E-state index is 0.0148. The van der Waals surface area contributed by atoms with Crippen molar-refractivity contribution in [3.8, 4) is 17.2 Å². The van der Waals surface area contributed by atoms with E-state index in [1.54, 1.807) is 43.5 Å². The Balaban J connectivity index is 1.90. The van der Waals surface area contributed by atoms with Gasteiger partial charge in [0.25, 0.3) is 11.7 Å². The average Bonchev–Trinajstić information content (AvgIpc) is 3.13. The molecule has 0 aliphatic carbocycles. The van der Waals surface area contributed by atoms with Crippen LogP contribution in [0.15, 0.2) is 72.3 Å². The van der Waals surface area contributed by atoms with Crippen LogP contribution in [0, 0.1) is 6.92 Å². The summed E-state index contributed by atoms with van der Waals surface area (Å²) < 4.78 is 16.3. The Labute approximate surface area is 204 Å². The molecule has 0 spiro atoms. The van der Waals surface area contributed by atoms with Crippen LogP contribution in [-0.2, 0) is 16.1 Å². The number of hydrogen-bond acceptors (Lipinski definition) is 6. The molecule has 1 atom stereocenters. The van der Waals surface area contributed by atoms with Crippen molar-refractivity contribution in [2.75, 3.05) is 21.3 Å². The molecular weight excluding hydrogens is 446 g/mol. The number of ether oxygens (including phenoxy) is 3. The molecule has 1 unspecified atom stereocenters. The number of Topliss-reactive ketones (excluding diaryl/α,β-unsaturated/α-hetero) is 1. The van der Waals surface area contributed by atoms with Crippen LogP contribution < -0.4 is 14.2 Å². The van der Waals surface area contributed by atoms with Crippen LogP contribution in [0.1, 0.15) is 28.3 Å². The molecule has 35 heavy (non-hydrogen) atoms. The second kappa shape index (κ2) is 9.93. The zero-order chi connectivity index (χ0) is 25.1. The molecule has 0 aromatic heterocycles. The Kier molecular flexibility index (Phi) is 6.78. The molecule has 0 saturated carbocycles. The van der Waals surface area contributed by atoms with Crippen LogP contribution in [0.5, 0.6) is 17.2 Å². The summed E-state index contributed by atoms with van der Waals surface area (Å²) in [5.41, 5.74) is 2.81. The summed E-state index contributed by atoms with van der Waals surface area (Å²) in [5.74, 6) is -0.133. The van der Waals surface area contributed by atoms with Crippen molar-refractivity contribution < 1.29 is 28.9 Å². The fraction of sp³-hybridized carbons (Fsp3) is 0.214. The lowest BCUT2D eigenvalue weighted by Crippen LogP contribution is -2.29. The summed E-state index contributed by atoms with van der Waals surface area (Å²) in [7, 11) is 4.60. The van der Waals surface area contributed by atoms with Crippen molar-refractivity contribution in [2.45, 2.75) is 19.5 Å². The van der Waals surface area contributed by atoms with Crippen LogP contribution in [0.2, 0.25) is 0 Å². The lowest BCUT2D eigenvalue weighted by molar-refractivity contribution is -0.140. The number of aryl methyl sites for hydroxylation is 1. The largest absolute Gasteiger partial charge is 0.507 e. The fourth-order valence-electron chi connectivity index (χ4n) is 4.30. The molecule has 3 aromatic carbocycles. The number of nitrogens with zero attached hydrogens (tertiary/aromatic N) is 1. The summed E-state index contributed by atoms with van der Waals surface area (Å²) >= 11 is 0. The molecule has 1 aliphatic heterocycles. The second-order valence-corrected chi connectivity index (χ2v) is 8.22. The van der Waals surface area contributed by atoms with E-state index in [9.17, 15) is 14.7 Å². The molecule has 1 heterocycles. The minimum Gasteiger partial charge on any atom is -0.507 e. The van der Waals surface area contributed by atoms with Gasteiger partial charge in [-0.15, -0.1) is 0 Å². The molecule has 7 heteroatoms. The van der Waals surface area contributed by atoms with Gasteiger partial charge in [0.15, 0.2) is 11.5 Å². The van der Waals surface area contributed by atoms with Gasteiger partial charge < -0.3 is 24.2 Å². The van der Waals surface area contributed by atoms with E-state index in [4.69, 9.17) is 14.2 Å².